The van der Waals surface area contributed by atoms with Crippen LogP contribution in [-0.4, -0.2) is 37.0 Å². The number of hydrogen-bond acceptors (Lipinski definition) is 4. The molecule has 130 valence electrons. The minimum atomic E-state index is -2.51. The molecule has 0 aromatic carbocycles. The summed E-state index contributed by atoms with van der Waals surface area (Å²) in [5.41, 5.74) is 1.15. The quantitative estimate of drug-likeness (QED) is 0.717. The Bertz CT molecular complexity index is 831. The molecule has 0 unspecified atom stereocenters. The van der Waals surface area contributed by atoms with Gasteiger partial charge in [0.15, 0.2) is 5.82 Å². The van der Waals surface area contributed by atoms with Gasteiger partial charge in [-0.15, -0.1) is 0 Å². The van der Waals surface area contributed by atoms with Crippen molar-refractivity contribution in [2.24, 2.45) is 0 Å². The zero-order valence-electron chi connectivity index (χ0n) is 13.0. The van der Waals surface area contributed by atoms with Gasteiger partial charge in [-0.2, -0.15) is 10.2 Å². The van der Waals surface area contributed by atoms with Crippen molar-refractivity contribution in [2.75, 3.05) is 10.6 Å². The number of nitrogens with one attached hydrogen (secondary N) is 2. The summed E-state index contributed by atoms with van der Waals surface area (Å²) in [6, 6.07) is 6.68. The fourth-order valence-corrected chi connectivity index (χ4v) is 2.12. The Morgan fingerprint density at radius 3 is 2.84 bits per heavy atom. The first kappa shape index (κ1) is 16.6. The maximum absolute atomic E-state index is 12.3. The van der Waals surface area contributed by atoms with Gasteiger partial charge in [0.25, 0.3) is 6.43 Å². The molecule has 3 heterocycles. The summed E-state index contributed by atoms with van der Waals surface area (Å²) in [6.07, 6.45) is 3.52. The van der Waals surface area contributed by atoms with Gasteiger partial charge in [0.05, 0.1) is 24.1 Å². The predicted octanol–water partition coefficient (Wildman–Crippen LogP) is 2.43. The average molecular weight is 347 g/mol. The van der Waals surface area contributed by atoms with E-state index in [1.54, 1.807) is 23.1 Å². The maximum atomic E-state index is 12.3. The summed E-state index contributed by atoms with van der Waals surface area (Å²) in [6.45, 7) is -0.0498. The summed E-state index contributed by atoms with van der Waals surface area (Å²) in [4.78, 5) is 16.1. The number of carbonyl (C=O) groups excluding carboxylic acids is 1. The number of rotatable bonds is 6. The van der Waals surface area contributed by atoms with Crippen LogP contribution in [0.15, 0.2) is 49.1 Å². The number of hydrogen-bond donors (Lipinski definition) is 2. The number of aromatic nitrogens is 5. The van der Waals surface area contributed by atoms with Gasteiger partial charge in [-0.25, -0.2) is 13.6 Å². The number of halogens is 2. The van der Waals surface area contributed by atoms with E-state index in [-0.39, 0.29) is 0 Å². The van der Waals surface area contributed by atoms with Crippen LogP contribution < -0.4 is 10.6 Å². The Kier molecular flexibility index (Phi) is 4.97. The summed E-state index contributed by atoms with van der Waals surface area (Å²) >= 11 is 0. The Hall–Kier alpha value is -3.30. The standard InChI is InChI=1S/C15H15F2N7O/c16-13(17)10-24-9-12(7-19-24)20-15(25)21-14-4-6-23(22-14)8-11-3-1-2-5-18-11/h1-7,9,13H,8,10H2,(H2,20,21,22,25). The van der Waals surface area contributed by atoms with E-state index in [1.807, 2.05) is 18.2 Å². The van der Waals surface area contributed by atoms with E-state index < -0.39 is 19.0 Å². The molecule has 0 fully saturated rings. The monoisotopic (exact) mass is 347 g/mol. The van der Waals surface area contributed by atoms with E-state index in [0.29, 0.717) is 18.1 Å². The van der Waals surface area contributed by atoms with Crippen LogP contribution in [0.4, 0.5) is 25.1 Å². The van der Waals surface area contributed by atoms with Gasteiger partial charge >= 0.3 is 6.03 Å². The molecule has 0 saturated heterocycles. The molecule has 3 aromatic rings. The fourth-order valence-electron chi connectivity index (χ4n) is 2.12. The van der Waals surface area contributed by atoms with E-state index in [9.17, 15) is 13.6 Å². The minimum absolute atomic E-state index is 0.311. The highest BCUT2D eigenvalue weighted by molar-refractivity contribution is 5.98. The van der Waals surface area contributed by atoms with Gasteiger partial charge in [-0.1, -0.05) is 6.07 Å². The minimum Gasteiger partial charge on any atom is -0.305 e. The molecule has 0 spiro atoms. The van der Waals surface area contributed by atoms with E-state index in [0.717, 1.165) is 10.4 Å². The molecule has 0 radical (unpaired) electrons. The normalized spacial score (nSPS) is 10.8. The lowest BCUT2D eigenvalue weighted by molar-refractivity contribution is 0.122. The third-order valence-electron chi connectivity index (χ3n) is 3.15. The lowest BCUT2D eigenvalue weighted by Crippen LogP contribution is -2.19. The Morgan fingerprint density at radius 2 is 2.08 bits per heavy atom. The number of amides is 2. The molecule has 25 heavy (non-hydrogen) atoms. The first-order valence-corrected chi connectivity index (χ1v) is 7.40. The first-order chi connectivity index (χ1) is 12.1. The number of pyridine rings is 1. The van der Waals surface area contributed by atoms with E-state index in [4.69, 9.17) is 0 Å². The van der Waals surface area contributed by atoms with Crippen LogP contribution in [-0.2, 0) is 13.1 Å². The Balaban J connectivity index is 1.54. The molecule has 8 nitrogen and oxygen atoms in total. The van der Waals surface area contributed by atoms with Crippen LogP contribution in [0.3, 0.4) is 0 Å². The molecule has 0 aliphatic rings. The second-order valence-electron chi connectivity index (χ2n) is 5.14. The largest absolute Gasteiger partial charge is 0.324 e. The lowest BCUT2D eigenvalue weighted by Gasteiger charge is -2.03. The Morgan fingerprint density at radius 1 is 1.20 bits per heavy atom. The molecule has 0 aliphatic carbocycles. The zero-order valence-corrected chi connectivity index (χ0v) is 13.0. The number of anilines is 2. The van der Waals surface area contributed by atoms with Crippen molar-refractivity contribution in [1.82, 2.24) is 24.5 Å². The molecule has 0 bridgehead atoms. The molecule has 0 aliphatic heterocycles. The number of nitrogens with zero attached hydrogens (tertiary/aromatic N) is 5. The molecule has 2 amide bonds. The molecule has 3 rings (SSSR count). The first-order valence-electron chi connectivity index (χ1n) is 7.40. The molecule has 0 atom stereocenters. The van der Waals surface area contributed by atoms with Crippen molar-refractivity contribution in [3.05, 3.63) is 54.7 Å². The van der Waals surface area contributed by atoms with Gasteiger partial charge in [0.2, 0.25) is 0 Å². The van der Waals surface area contributed by atoms with Gasteiger partial charge < -0.3 is 5.32 Å². The highest BCUT2D eigenvalue weighted by Gasteiger charge is 2.09. The summed E-state index contributed by atoms with van der Waals surface area (Å²) in [5.74, 6) is 0.355. The van der Waals surface area contributed by atoms with Gasteiger partial charge in [-0.3, -0.25) is 19.7 Å². The summed E-state index contributed by atoms with van der Waals surface area (Å²) in [7, 11) is 0. The van der Waals surface area contributed by atoms with E-state index in [1.165, 1.54) is 12.4 Å². The van der Waals surface area contributed by atoms with Crippen LogP contribution in [0.2, 0.25) is 0 Å². The van der Waals surface area contributed by atoms with Gasteiger partial charge in [0.1, 0.15) is 6.54 Å². The number of alkyl halides is 2. The molecule has 3 aromatic heterocycles. The van der Waals surface area contributed by atoms with Crippen molar-refractivity contribution in [1.29, 1.82) is 0 Å². The second kappa shape index (κ2) is 7.51. The molecule has 0 saturated carbocycles. The summed E-state index contributed by atoms with van der Waals surface area (Å²) in [5, 5.41) is 13.0. The van der Waals surface area contributed by atoms with Crippen LogP contribution in [0.25, 0.3) is 0 Å². The molecular weight excluding hydrogens is 332 g/mol. The lowest BCUT2D eigenvalue weighted by atomic mass is 10.3. The predicted molar refractivity (Wildman–Crippen MR) is 86.4 cm³/mol. The van der Waals surface area contributed by atoms with E-state index in [2.05, 4.69) is 25.8 Å². The second-order valence-corrected chi connectivity index (χ2v) is 5.14. The molecular formula is C15H15F2N7O. The third-order valence-corrected chi connectivity index (χ3v) is 3.15. The molecule has 10 heteroatoms. The zero-order chi connectivity index (χ0) is 17.6. The topological polar surface area (TPSA) is 89.7 Å². The van der Waals surface area contributed by atoms with Crippen molar-refractivity contribution >= 4 is 17.5 Å². The van der Waals surface area contributed by atoms with Crippen molar-refractivity contribution < 1.29 is 13.6 Å². The smallest absolute Gasteiger partial charge is 0.305 e. The van der Waals surface area contributed by atoms with Crippen molar-refractivity contribution in [2.45, 2.75) is 19.5 Å². The summed E-state index contributed by atoms with van der Waals surface area (Å²) < 4.78 is 27.2. The maximum Gasteiger partial charge on any atom is 0.324 e. The van der Waals surface area contributed by atoms with Gasteiger partial charge in [-0.05, 0) is 12.1 Å². The van der Waals surface area contributed by atoms with Crippen LogP contribution >= 0.6 is 0 Å². The van der Waals surface area contributed by atoms with Crippen molar-refractivity contribution in [3.8, 4) is 0 Å². The highest BCUT2D eigenvalue weighted by Crippen LogP contribution is 2.09. The van der Waals surface area contributed by atoms with Crippen LogP contribution in [0.5, 0.6) is 0 Å². The SMILES string of the molecule is O=C(Nc1cnn(CC(F)F)c1)Nc1ccn(Cc2ccccn2)n1. The third kappa shape index (κ3) is 4.83. The number of carbonyl (C=O) groups is 1. The van der Waals surface area contributed by atoms with E-state index >= 15 is 0 Å². The Labute approximate surface area is 141 Å². The van der Waals surface area contributed by atoms with Gasteiger partial charge in [0, 0.05) is 24.7 Å². The van der Waals surface area contributed by atoms with Crippen LogP contribution in [0, 0.1) is 0 Å². The number of urea groups is 1. The van der Waals surface area contributed by atoms with Crippen molar-refractivity contribution in [3.63, 3.8) is 0 Å². The van der Waals surface area contributed by atoms with Crippen LogP contribution in [0.1, 0.15) is 5.69 Å². The molecule has 2 N–H and O–H groups in total. The highest BCUT2D eigenvalue weighted by atomic mass is 19.3. The fraction of sp³-hybridized carbons (Fsp3) is 0.200. The average Bonchev–Trinajstić information content (AvgIpc) is 3.17.